The van der Waals surface area contributed by atoms with Crippen molar-refractivity contribution in [3.05, 3.63) is 51.6 Å². The van der Waals surface area contributed by atoms with E-state index in [0.29, 0.717) is 31.3 Å². The van der Waals surface area contributed by atoms with Crippen molar-refractivity contribution < 1.29 is 72.5 Å². The van der Waals surface area contributed by atoms with Crippen LogP contribution in [-0.2, 0) is 33.4 Å². The number of esters is 1. The number of halogens is 1. The molecule has 1 aromatic carbocycles. The van der Waals surface area contributed by atoms with Crippen LogP contribution in [0, 0.1) is 32.8 Å². The number of aliphatic hydroxyl groups is 1. The highest BCUT2D eigenvalue weighted by molar-refractivity contribution is 5.94. The summed E-state index contributed by atoms with van der Waals surface area (Å²) < 4.78 is 45.8. The normalized spacial score (nSPS) is 34.0. The Morgan fingerprint density at radius 1 is 1.04 bits per heavy atom. The second kappa shape index (κ2) is 14.5. The van der Waals surface area contributed by atoms with E-state index in [1.54, 1.807) is 27.7 Å². The fourth-order valence-corrected chi connectivity index (χ4v) is 9.80. The number of phenols is 2. The first kappa shape index (κ1) is 40.1. The number of fused-ring (bicyclic) bond motifs is 7. The van der Waals surface area contributed by atoms with E-state index in [4.69, 9.17) is 23.7 Å². The number of carbonyl (C=O) groups excluding carboxylic acids is 4. The summed E-state index contributed by atoms with van der Waals surface area (Å²) >= 11 is 0. The average molecular weight is 776 g/mol. The zero-order valence-corrected chi connectivity index (χ0v) is 31.0. The van der Waals surface area contributed by atoms with Gasteiger partial charge in [0.15, 0.2) is 40.9 Å². The maximum absolute atomic E-state index is 17.7. The highest BCUT2D eigenvalue weighted by atomic mass is 19.1. The van der Waals surface area contributed by atoms with Gasteiger partial charge in [-0.1, -0.05) is 31.1 Å². The number of nitrogens with zero attached hydrogens (tertiary/aromatic N) is 1. The molecule has 0 spiro atoms. The number of Topliss-reactive ketones (excluding diaryl/α,β-unsaturated/α-hetero) is 1. The van der Waals surface area contributed by atoms with Crippen molar-refractivity contribution in [3.63, 3.8) is 0 Å². The number of unbranched alkanes of at least 4 members (excludes halogenated alkanes) is 3. The largest absolute Gasteiger partial charge is 0.514 e. The highest BCUT2D eigenvalue weighted by Gasteiger charge is 2.80. The molecule has 16 nitrogen and oxygen atoms in total. The standard InChI is InChI=1S/C38H46FNO15/c1-34(2)54-30-18-25-24-10-9-22-17-23(41)11-12-35(22,3)37(24,39)28(43)19-36(25,4)38(30,55-34)29(44)20-51-33(47)53-27-16-21(15-26(42)31(27)45)32(46)50-13-7-5-6-8-14-52-40(48)49/h9,11-12,15-16,24-25,28,30,42-43,45H,5-8,10,13-14,17-20H2,1-4H3/t24?,25?,28-,30+,35-,36-,37-,38+/m0/s1. The van der Waals surface area contributed by atoms with Crippen molar-refractivity contribution in [1.82, 2.24) is 0 Å². The van der Waals surface area contributed by atoms with Gasteiger partial charge in [-0.15, -0.1) is 10.1 Å². The number of aromatic hydroxyl groups is 2. The Morgan fingerprint density at radius 2 is 1.75 bits per heavy atom. The van der Waals surface area contributed by atoms with Crippen LogP contribution in [0.2, 0.25) is 0 Å². The summed E-state index contributed by atoms with van der Waals surface area (Å²) in [5, 5.41) is 41.7. The molecule has 0 aromatic heterocycles. The SMILES string of the molecule is CC1(C)O[C@@H]2CC3C4CC=C5CC(=O)C=C[C@]5(C)[C@@]4(F)[C@@H](O)C[C@]3(C)[C@]2(C(=O)COC(=O)Oc2cc(C(=O)OCCCCCCO[N+](=O)[O-])cc(O)c2O)O1. The predicted octanol–water partition coefficient (Wildman–Crippen LogP) is 4.98. The molecule has 0 bridgehead atoms. The van der Waals surface area contributed by atoms with Gasteiger partial charge in [0.1, 0.15) is 0 Å². The summed E-state index contributed by atoms with van der Waals surface area (Å²) in [5.41, 5.74) is -6.05. The molecule has 1 saturated heterocycles. The maximum atomic E-state index is 17.7. The molecule has 5 aliphatic rings. The quantitative estimate of drug-likeness (QED) is 0.0457. The predicted molar refractivity (Wildman–Crippen MR) is 185 cm³/mol. The van der Waals surface area contributed by atoms with Crippen molar-refractivity contribution in [2.75, 3.05) is 19.8 Å². The van der Waals surface area contributed by atoms with Gasteiger partial charge in [0, 0.05) is 23.2 Å². The van der Waals surface area contributed by atoms with E-state index < -0.39 is 98.8 Å². The Labute approximate surface area is 315 Å². The zero-order valence-electron chi connectivity index (χ0n) is 31.0. The molecule has 2 saturated carbocycles. The van der Waals surface area contributed by atoms with Crippen LogP contribution in [0.25, 0.3) is 0 Å². The minimum Gasteiger partial charge on any atom is -0.504 e. The molecule has 4 aliphatic carbocycles. The minimum absolute atomic E-state index is 0.0266. The van der Waals surface area contributed by atoms with Crippen molar-refractivity contribution >= 4 is 23.7 Å². The number of allylic oxidation sites excluding steroid dienone is 4. The second-order valence-electron chi connectivity index (χ2n) is 15.9. The lowest BCUT2D eigenvalue weighted by Gasteiger charge is -2.62. The number of aliphatic hydroxyl groups excluding tert-OH is 1. The molecule has 0 radical (unpaired) electrons. The summed E-state index contributed by atoms with van der Waals surface area (Å²) in [4.78, 5) is 66.6. The van der Waals surface area contributed by atoms with Crippen LogP contribution in [0.15, 0.2) is 35.9 Å². The van der Waals surface area contributed by atoms with Crippen LogP contribution in [0.3, 0.4) is 0 Å². The number of hydrogen-bond donors (Lipinski definition) is 3. The maximum Gasteiger partial charge on any atom is 0.514 e. The molecule has 55 heavy (non-hydrogen) atoms. The van der Waals surface area contributed by atoms with Gasteiger partial charge >= 0.3 is 12.1 Å². The summed E-state index contributed by atoms with van der Waals surface area (Å²) in [6.07, 6.45) is 3.15. The number of ether oxygens (including phenoxy) is 5. The van der Waals surface area contributed by atoms with Gasteiger partial charge in [0.2, 0.25) is 11.5 Å². The van der Waals surface area contributed by atoms with Crippen LogP contribution in [0.1, 0.15) is 89.4 Å². The number of alkyl halides is 1. The fourth-order valence-electron chi connectivity index (χ4n) is 9.80. The number of ketones is 2. The molecule has 3 fully saturated rings. The molecule has 1 aromatic rings. The first-order chi connectivity index (χ1) is 25.8. The monoisotopic (exact) mass is 775 g/mol. The number of hydrogen-bond acceptors (Lipinski definition) is 15. The van der Waals surface area contributed by atoms with Crippen LogP contribution in [-0.4, -0.2) is 93.2 Å². The molecular formula is C38H46FNO15. The molecule has 1 heterocycles. The van der Waals surface area contributed by atoms with E-state index in [0.717, 1.165) is 12.1 Å². The van der Waals surface area contributed by atoms with E-state index in [1.165, 1.54) is 12.2 Å². The summed E-state index contributed by atoms with van der Waals surface area (Å²) in [6, 6.07) is 1.85. The molecule has 6 rings (SSSR count). The first-order valence-corrected chi connectivity index (χ1v) is 18.3. The molecule has 2 unspecified atom stereocenters. The molecule has 8 atom stereocenters. The van der Waals surface area contributed by atoms with Crippen molar-refractivity contribution in [1.29, 1.82) is 0 Å². The van der Waals surface area contributed by atoms with E-state index >= 15 is 4.39 Å². The van der Waals surface area contributed by atoms with E-state index in [9.17, 15) is 44.6 Å². The average Bonchev–Trinajstić information content (AvgIpc) is 3.52. The lowest BCUT2D eigenvalue weighted by molar-refractivity contribution is -0.757. The summed E-state index contributed by atoms with van der Waals surface area (Å²) in [7, 11) is 0. The second-order valence-corrected chi connectivity index (χ2v) is 15.9. The molecule has 3 N–H and O–H groups in total. The number of phenolic OH excluding ortho intramolecular Hbond substituents is 2. The Kier molecular flexibility index (Phi) is 10.5. The van der Waals surface area contributed by atoms with Crippen molar-refractivity contribution in [2.24, 2.45) is 22.7 Å². The third-order valence-electron chi connectivity index (χ3n) is 12.3. The fraction of sp³-hybridized carbons (Fsp3) is 0.632. The van der Waals surface area contributed by atoms with Crippen molar-refractivity contribution in [3.8, 4) is 17.2 Å². The Balaban J connectivity index is 1.13. The van der Waals surface area contributed by atoms with E-state index in [1.807, 2.05) is 6.08 Å². The Morgan fingerprint density at radius 3 is 2.45 bits per heavy atom. The van der Waals surface area contributed by atoms with Gasteiger partial charge in [0.25, 0.3) is 5.09 Å². The lowest BCUT2D eigenvalue weighted by Crippen LogP contribution is -2.69. The van der Waals surface area contributed by atoms with Crippen LogP contribution in [0.5, 0.6) is 17.2 Å². The van der Waals surface area contributed by atoms with Gasteiger partial charge in [-0.2, -0.15) is 0 Å². The highest BCUT2D eigenvalue weighted by Crippen LogP contribution is 2.72. The van der Waals surface area contributed by atoms with Crippen LogP contribution >= 0.6 is 0 Å². The van der Waals surface area contributed by atoms with Crippen LogP contribution < -0.4 is 4.74 Å². The topological polar surface area (TPSA) is 227 Å². The minimum atomic E-state index is -2.16. The third-order valence-corrected chi connectivity index (χ3v) is 12.3. The van der Waals surface area contributed by atoms with Gasteiger partial charge in [0.05, 0.1) is 31.0 Å². The Bertz CT molecular complexity index is 1830. The summed E-state index contributed by atoms with van der Waals surface area (Å²) in [6.45, 7) is 5.71. The Hall–Kier alpha value is -4.61. The van der Waals surface area contributed by atoms with E-state index in [-0.39, 0.29) is 50.2 Å². The van der Waals surface area contributed by atoms with Crippen molar-refractivity contribution in [2.45, 2.75) is 108 Å². The first-order valence-electron chi connectivity index (χ1n) is 18.3. The third kappa shape index (κ3) is 6.73. The molecular weight excluding hydrogens is 729 g/mol. The number of carbonyl (C=O) groups is 4. The van der Waals surface area contributed by atoms with Gasteiger partial charge in [-0.3, -0.25) is 9.59 Å². The smallest absolute Gasteiger partial charge is 0.504 e. The number of rotatable bonds is 13. The molecule has 0 amide bonds. The molecule has 17 heteroatoms. The van der Waals surface area contributed by atoms with E-state index in [2.05, 4.69) is 4.84 Å². The number of benzene rings is 1. The summed E-state index contributed by atoms with van der Waals surface area (Å²) in [5.74, 6) is -6.71. The van der Waals surface area contributed by atoms with Crippen LogP contribution in [0.4, 0.5) is 9.18 Å². The molecule has 300 valence electrons. The van der Waals surface area contributed by atoms with Gasteiger partial charge < -0.3 is 43.8 Å². The molecule has 1 aliphatic heterocycles. The zero-order chi connectivity index (χ0) is 40.1. The van der Waals surface area contributed by atoms with Gasteiger partial charge in [-0.25, -0.2) is 14.0 Å². The lowest BCUT2D eigenvalue weighted by atomic mass is 9.45. The van der Waals surface area contributed by atoms with Gasteiger partial charge in [-0.05, 0) is 83.4 Å².